The van der Waals surface area contributed by atoms with Gasteiger partial charge in [0.25, 0.3) is 5.91 Å². The zero-order chi connectivity index (χ0) is 21.4. The van der Waals surface area contributed by atoms with Crippen molar-refractivity contribution in [1.82, 2.24) is 19.7 Å². The molecule has 31 heavy (non-hydrogen) atoms. The Hall–Kier alpha value is -2.24. The number of nitrogen functional groups attached to an aromatic ring is 1. The van der Waals surface area contributed by atoms with Crippen LogP contribution in [0.15, 0.2) is 23.4 Å². The summed E-state index contributed by atoms with van der Waals surface area (Å²) in [6.07, 6.45) is 7.60. The summed E-state index contributed by atoms with van der Waals surface area (Å²) in [7, 11) is 0. The fourth-order valence-corrected chi connectivity index (χ4v) is 5.55. The Morgan fingerprint density at radius 3 is 2.87 bits per heavy atom. The number of hydrogen-bond donors (Lipinski definition) is 2. The van der Waals surface area contributed by atoms with E-state index in [1.807, 2.05) is 6.07 Å². The number of amides is 1. The predicted molar refractivity (Wildman–Crippen MR) is 119 cm³/mol. The van der Waals surface area contributed by atoms with E-state index >= 15 is 0 Å². The number of anilines is 2. The van der Waals surface area contributed by atoms with E-state index in [2.05, 4.69) is 20.4 Å². The Kier molecular flexibility index (Phi) is 5.81. The molecule has 1 amide bonds. The zero-order valence-electron chi connectivity index (χ0n) is 16.8. The van der Waals surface area contributed by atoms with Crippen LogP contribution in [0.2, 0.25) is 0 Å². The molecule has 0 bridgehead atoms. The van der Waals surface area contributed by atoms with Crippen molar-refractivity contribution in [3.8, 4) is 0 Å². The second-order valence-corrected chi connectivity index (χ2v) is 10.3. The average molecular weight is 463 g/mol. The van der Waals surface area contributed by atoms with E-state index in [1.165, 1.54) is 12.8 Å². The number of thiazole rings is 1. The van der Waals surface area contributed by atoms with E-state index < -0.39 is 11.2 Å². The number of ether oxygens (including phenoxy) is 1. The van der Waals surface area contributed by atoms with E-state index in [-0.39, 0.29) is 11.0 Å². The molecule has 1 atom stereocenters. The minimum absolute atomic E-state index is 0.230. The first-order chi connectivity index (χ1) is 15.1. The first kappa shape index (κ1) is 20.7. The minimum Gasteiger partial charge on any atom is -0.384 e. The van der Waals surface area contributed by atoms with Crippen LogP contribution in [0.4, 0.5) is 15.3 Å². The maximum atomic E-state index is 13.4. The number of fused-ring (bicyclic) bond motifs is 1. The fraction of sp³-hybridized carbons (Fsp3) is 0.500. The Labute approximate surface area is 186 Å². The highest BCUT2D eigenvalue weighted by Crippen LogP contribution is 2.42. The standard InChI is InChI=1S/C20H23FN6O2S2/c21-16-10-23-20(31-16)26-19(28)14(7-11-3-5-29-6-4-11)27-18-13(9-24-27)15(8-17(22)25-18)30-12-1-2-12/h8-12,14H,1-7H2,(H2,22,25)(H,23,26,28). The summed E-state index contributed by atoms with van der Waals surface area (Å²) in [5, 5.41) is 8.60. The monoisotopic (exact) mass is 462 g/mol. The van der Waals surface area contributed by atoms with E-state index in [4.69, 9.17) is 10.5 Å². The summed E-state index contributed by atoms with van der Waals surface area (Å²) >= 11 is 2.59. The first-order valence-electron chi connectivity index (χ1n) is 10.4. The number of nitrogens with zero attached hydrogens (tertiary/aromatic N) is 4. The highest BCUT2D eigenvalue weighted by Gasteiger charge is 2.30. The molecule has 3 aromatic heterocycles. The van der Waals surface area contributed by atoms with E-state index in [1.54, 1.807) is 22.6 Å². The van der Waals surface area contributed by atoms with Crippen molar-refractivity contribution in [1.29, 1.82) is 0 Å². The van der Waals surface area contributed by atoms with Gasteiger partial charge in [0.2, 0.25) is 0 Å². The summed E-state index contributed by atoms with van der Waals surface area (Å²) in [4.78, 5) is 22.8. The number of rotatable bonds is 7. The largest absolute Gasteiger partial charge is 0.384 e. The van der Waals surface area contributed by atoms with Crippen molar-refractivity contribution in [2.75, 3.05) is 24.3 Å². The lowest BCUT2D eigenvalue weighted by Gasteiger charge is -2.26. The van der Waals surface area contributed by atoms with Crippen molar-refractivity contribution in [3.05, 3.63) is 23.6 Å². The van der Waals surface area contributed by atoms with Crippen LogP contribution < -0.4 is 11.1 Å². The van der Waals surface area contributed by atoms with E-state index in [9.17, 15) is 9.18 Å². The van der Waals surface area contributed by atoms with Crippen molar-refractivity contribution >= 4 is 51.0 Å². The van der Waals surface area contributed by atoms with Gasteiger partial charge in [-0.2, -0.15) is 9.49 Å². The van der Waals surface area contributed by atoms with Gasteiger partial charge in [0.15, 0.2) is 15.9 Å². The highest BCUT2D eigenvalue weighted by molar-refractivity contribution is 8.00. The van der Waals surface area contributed by atoms with Crippen LogP contribution >= 0.6 is 23.1 Å². The number of nitrogens with one attached hydrogen (secondary N) is 1. The van der Waals surface area contributed by atoms with Crippen LogP contribution in [-0.2, 0) is 9.53 Å². The third-order valence-corrected chi connectivity index (χ3v) is 7.67. The second kappa shape index (κ2) is 8.71. The summed E-state index contributed by atoms with van der Waals surface area (Å²) in [6, 6.07) is 1.27. The van der Waals surface area contributed by atoms with Gasteiger partial charge >= 0.3 is 0 Å². The number of pyridine rings is 1. The fourth-order valence-electron chi connectivity index (χ4n) is 3.82. The van der Waals surface area contributed by atoms with Crippen molar-refractivity contribution in [3.63, 3.8) is 0 Å². The van der Waals surface area contributed by atoms with Gasteiger partial charge in [-0.05, 0) is 44.1 Å². The van der Waals surface area contributed by atoms with Crippen LogP contribution in [-0.4, -0.2) is 44.1 Å². The highest BCUT2D eigenvalue weighted by atomic mass is 32.2. The zero-order valence-corrected chi connectivity index (χ0v) is 18.4. The molecule has 5 rings (SSSR count). The molecule has 11 heteroatoms. The predicted octanol–water partition coefficient (Wildman–Crippen LogP) is 3.86. The summed E-state index contributed by atoms with van der Waals surface area (Å²) in [5.41, 5.74) is 6.70. The average Bonchev–Trinajstić information content (AvgIpc) is 3.32. The van der Waals surface area contributed by atoms with Crippen LogP contribution in [0, 0.1) is 11.0 Å². The van der Waals surface area contributed by atoms with Gasteiger partial charge in [-0.25, -0.2) is 14.6 Å². The normalized spacial score (nSPS) is 18.4. The Morgan fingerprint density at radius 2 is 2.16 bits per heavy atom. The van der Waals surface area contributed by atoms with Gasteiger partial charge in [-0.3, -0.25) is 4.79 Å². The van der Waals surface area contributed by atoms with E-state index in [0.717, 1.165) is 40.7 Å². The van der Waals surface area contributed by atoms with Gasteiger partial charge in [-0.1, -0.05) is 11.3 Å². The van der Waals surface area contributed by atoms with Gasteiger partial charge in [-0.15, -0.1) is 11.8 Å². The molecule has 8 nitrogen and oxygen atoms in total. The Balaban J connectivity index is 1.49. The molecule has 1 aliphatic heterocycles. The molecule has 1 unspecified atom stereocenters. The molecule has 0 spiro atoms. The topological polar surface area (TPSA) is 108 Å². The second-order valence-electron chi connectivity index (χ2n) is 7.95. The molecule has 4 heterocycles. The number of carbonyl (C=O) groups is 1. The molecule has 1 aliphatic carbocycles. The van der Waals surface area contributed by atoms with E-state index in [0.29, 0.717) is 42.3 Å². The maximum absolute atomic E-state index is 13.4. The summed E-state index contributed by atoms with van der Waals surface area (Å²) in [5.74, 6) is 0.439. The molecular weight excluding hydrogens is 439 g/mol. The van der Waals surface area contributed by atoms with Crippen molar-refractivity contribution in [2.24, 2.45) is 5.92 Å². The molecule has 2 aliphatic rings. The number of hydrogen-bond acceptors (Lipinski definition) is 8. The smallest absolute Gasteiger partial charge is 0.251 e. The van der Waals surface area contributed by atoms with Crippen molar-refractivity contribution in [2.45, 2.75) is 48.3 Å². The lowest BCUT2D eigenvalue weighted by molar-refractivity contribution is -0.120. The Morgan fingerprint density at radius 1 is 1.35 bits per heavy atom. The number of halogens is 1. The maximum Gasteiger partial charge on any atom is 0.251 e. The van der Waals surface area contributed by atoms with Gasteiger partial charge in [0.05, 0.1) is 17.8 Å². The Bertz CT molecular complexity index is 1090. The molecule has 2 fully saturated rings. The first-order valence-corrected chi connectivity index (χ1v) is 12.1. The molecule has 1 saturated heterocycles. The lowest BCUT2D eigenvalue weighted by atomic mass is 9.92. The van der Waals surface area contributed by atoms with Crippen LogP contribution in [0.5, 0.6) is 0 Å². The van der Waals surface area contributed by atoms with Crippen LogP contribution in [0.1, 0.15) is 38.1 Å². The number of carbonyl (C=O) groups excluding carboxylic acids is 1. The quantitative estimate of drug-likeness (QED) is 0.549. The van der Waals surface area contributed by atoms with Gasteiger partial charge < -0.3 is 15.8 Å². The SMILES string of the molecule is Nc1cc(SC2CC2)c2cnn(C(CC3CCOCC3)C(=O)Nc3ncc(F)s3)c2n1. The molecule has 164 valence electrons. The molecule has 0 radical (unpaired) electrons. The van der Waals surface area contributed by atoms with Gasteiger partial charge in [0.1, 0.15) is 11.9 Å². The lowest BCUT2D eigenvalue weighted by Crippen LogP contribution is -2.30. The molecule has 1 saturated carbocycles. The van der Waals surface area contributed by atoms with Crippen LogP contribution in [0.25, 0.3) is 11.0 Å². The number of nitrogens with two attached hydrogens (primary N) is 1. The molecule has 3 N–H and O–H groups in total. The number of thioether (sulfide) groups is 1. The summed E-state index contributed by atoms with van der Waals surface area (Å²) in [6.45, 7) is 1.37. The third kappa shape index (κ3) is 4.68. The number of aromatic nitrogens is 4. The minimum atomic E-state index is -0.611. The third-order valence-electron chi connectivity index (χ3n) is 5.57. The molecule has 3 aromatic rings. The molecule has 0 aromatic carbocycles. The van der Waals surface area contributed by atoms with Gasteiger partial charge in [0, 0.05) is 23.4 Å². The van der Waals surface area contributed by atoms with Crippen molar-refractivity contribution < 1.29 is 13.9 Å². The molecular formula is C20H23FN6O2S2. The summed E-state index contributed by atoms with van der Waals surface area (Å²) < 4.78 is 20.5. The van der Waals surface area contributed by atoms with Crippen LogP contribution in [0.3, 0.4) is 0 Å².